The lowest BCUT2D eigenvalue weighted by atomic mass is 10.1. The third-order valence-corrected chi connectivity index (χ3v) is 4.16. The van der Waals surface area contributed by atoms with Crippen LogP contribution in [0.5, 0.6) is 0 Å². The largest absolute Gasteiger partial charge is 0.347 e. The van der Waals surface area contributed by atoms with Crippen molar-refractivity contribution in [2.45, 2.75) is 24.6 Å². The summed E-state index contributed by atoms with van der Waals surface area (Å²) < 4.78 is 25.7. The van der Waals surface area contributed by atoms with E-state index in [2.05, 4.69) is 5.32 Å². The molecule has 5 heteroatoms. The van der Waals surface area contributed by atoms with E-state index < -0.39 is 16.4 Å². The summed E-state index contributed by atoms with van der Waals surface area (Å²) in [5.41, 5.74) is 0.471. The second kappa shape index (κ2) is 4.29. The Balaban J connectivity index is 2.22. The summed E-state index contributed by atoms with van der Waals surface area (Å²) in [6, 6.07) is 3.01. The van der Waals surface area contributed by atoms with Crippen molar-refractivity contribution in [3.63, 3.8) is 0 Å². The molecular formula is C12H13F2NOS. The van der Waals surface area contributed by atoms with Gasteiger partial charge in [-0.25, -0.2) is 8.78 Å². The molecule has 0 aromatic heterocycles. The van der Waals surface area contributed by atoms with Crippen LogP contribution in [-0.4, -0.2) is 16.4 Å². The van der Waals surface area contributed by atoms with Gasteiger partial charge in [0.15, 0.2) is 0 Å². The first kappa shape index (κ1) is 12.4. The van der Waals surface area contributed by atoms with E-state index in [-0.39, 0.29) is 11.9 Å². The summed E-state index contributed by atoms with van der Waals surface area (Å²) in [6.07, 6.45) is 0. The fourth-order valence-electron chi connectivity index (χ4n) is 1.69. The van der Waals surface area contributed by atoms with Gasteiger partial charge in [-0.15, -0.1) is 11.8 Å². The molecule has 2 rings (SSSR count). The number of hydrogen-bond donors (Lipinski definition) is 1. The number of hydrogen-bond acceptors (Lipinski definition) is 2. The maximum absolute atomic E-state index is 13.1. The molecule has 0 radical (unpaired) electrons. The maximum atomic E-state index is 13.1. The number of carbonyl (C=O) groups is 1. The van der Waals surface area contributed by atoms with Crippen molar-refractivity contribution < 1.29 is 13.6 Å². The molecule has 1 atom stereocenters. The zero-order chi connectivity index (χ0) is 12.6. The fraction of sp³-hybridized carbons (Fsp3) is 0.417. The van der Waals surface area contributed by atoms with E-state index in [9.17, 15) is 13.6 Å². The van der Waals surface area contributed by atoms with Crippen molar-refractivity contribution >= 4 is 17.7 Å². The molecule has 2 nitrogen and oxygen atoms in total. The van der Waals surface area contributed by atoms with Gasteiger partial charge in [0.25, 0.3) is 0 Å². The fourth-order valence-corrected chi connectivity index (χ4v) is 2.74. The molecule has 0 aliphatic carbocycles. The van der Waals surface area contributed by atoms with Crippen molar-refractivity contribution in [2.75, 3.05) is 5.75 Å². The molecule has 1 aromatic rings. The number of halogens is 2. The van der Waals surface area contributed by atoms with E-state index in [1.54, 1.807) is 0 Å². The van der Waals surface area contributed by atoms with E-state index >= 15 is 0 Å². The van der Waals surface area contributed by atoms with E-state index in [0.29, 0.717) is 11.3 Å². The molecule has 1 aromatic carbocycles. The molecule has 0 saturated carbocycles. The summed E-state index contributed by atoms with van der Waals surface area (Å²) in [7, 11) is 0. The quantitative estimate of drug-likeness (QED) is 0.838. The number of rotatable bonds is 1. The van der Waals surface area contributed by atoms with E-state index in [1.165, 1.54) is 23.9 Å². The van der Waals surface area contributed by atoms with Crippen LogP contribution in [0, 0.1) is 11.6 Å². The van der Waals surface area contributed by atoms with Crippen molar-refractivity contribution in [1.29, 1.82) is 0 Å². The normalized spacial score (nSPS) is 23.3. The zero-order valence-corrected chi connectivity index (χ0v) is 10.4. The first-order valence-electron chi connectivity index (χ1n) is 5.29. The second-order valence-corrected chi connectivity index (χ2v) is 6.19. The average Bonchev–Trinajstić information content (AvgIpc) is 2.20. The highest BCUT2D eigenvalue weighted by molar-refractivity contribution is 8.01. The van der Waals surface area contributed by atoms with Crippen LogP contribution < -0.4 is 5.32 Å². The van der Waals surface area contributed by atoms with Crippen molar-refractivity contribution in [3.8, 4) is 0 Å². The number of benzene rings is 1. The predicted octanol–water partition coefficient (Wildman–Crippen LogP) is 2.65. The Bertz CT molecular complexity index is 442. The van der Waals surface area contributed by atoms with Crippen LogP contribution in [0.2, 0.25) is 0 Å². The van der Waals surface area contributed by atoms with Crippen LogP contribution in [0.3, 0.4) is 0 Å². The molecule has 17 heavy (non-hydrogen) atoms. The first-order chi connectivity index (χ1) is 7.88. The van der Waals surface area contributed by atoms with Crippen LogP contribution in [0.1, 0.15) is 25.5 Å². The van der Waals surface area contributed by atoms with Gasteiger partial charge in [0, 0.05) is 11.8 Å². The summed E-state index contributed by atoms with van der Waals surface area (Å²) in [5.74, 6) is -0.738. The molecule has 1 fully saturated rings. The molecule has 92 valence electrons. The predicted molar refractivity (Wildman–Crippen MR) is 63.8 cm³/mol. The highest BCUT2D eigenvalue weighted by Gasteiger charge is 2.35. The van der Waals surface area contributed by atoms with E-state index in [0.717, 1.165) is 6.07 Å². The zero-order valence-electron chi connectivity index (χ0n) is 9.59. The van der Waals surface area contributed by atoms with Crippen molar-refractivity contribution in [3.05, 3.63) is 35.4 Å². The monoisotopic (exact) mass is 257 g/mol. The number of carbonyl (C=O) groups excluding carboxylic acids is 1. The molecule has 1 N–H and O–H groups in total. The first-order valence-corrected chi connectivity index (χ1v) is 6.28. The molecule has 1 amide bonds. The van der Waals surface area contributed by atoms with Gasteiger partial charge in [-0.3, -0.25) is 4.79 Å². The molecule has 1 aliphatic rings. The maximum Gasteiger partial charge on any atom is 0.236 e. The molecule has 1 unspecified atom stereocenters. The van der Waals surface area contributed by atoms with Gasteiger partial charge < -0.3 is 5.32 Å². The van der Waals surface area contributed by atoms with E-state index in [4.69, 9.17) is 0 Å². The molecule has 0 bridgehead atoms. The molecular weight excluding hydrogens is 244 g/mol. The Kier molecular flexibility index (Phi) is 3.12. The van der Waals surface area contributed by atoms with Crippen molar-refractivity contribution in [1.82, 2.24) is 5.32 Å². The minimum absolute atomic E-state index is 0.108. The SMILES string of the molecule is CC1(C)SCC(c2cc(F)cc(F)c2)NC1=O. The molecule has 0 spiro atoms. The smallest absolute Gasteiger partial charge is 0.236 e. The van der Waals surface area contributed by atoms with Crippen LogP contribution in [0.15, 0.2) is 18.2 Å². The van der Waals surface area contributed by atoms with Gasteiger partial charge in [0.05, 0.1) is 10.8 Å². The van der Waals surface area contributed by atoms with Crippen LogP contribution in [0.4, 0.5) is 8.78 Å². The summed E-state index contributed by atoms with van der Waals surface area (Å²) in [4.78, 5) is 11.7. The Hall–Kier alpha value is -1.10. The number of nitrogens with one attached hydrogen (secondary N) is 1. The summed E-state index contributed by atoms with van der Waals surface area (Å²) in [5, 5.41) is 2.78. The lowest BCUT2D eigenvalue weighted by molar-refractivity contribution is -0.123. The molecule has 1 saturated heterocycles. The van der Waals surface area contributed by atoms with Gasteiger partial charge in [-0.05, 0) is 31.5 Å². The van der Waals surface area contributed by atoms with Gasteiger partial charge in [0.1, 0.15) is 11.6 Å². The highest BCUT2D eigenvalue weighted by atomic mass is 32.2. The minimum atomic E-state index is -0.621. The third kappa shape index (κ3) is 2.60. The highest BCUT2D eigenvalue weighted by Crippen LogP contribution is 2.34. The summed E-state index contributed by atoms with van der Waals surface area (Å²) >= 11 is 1.49. The Morgan fingerprint density at radius 3 is 2.41 bits per heavy atom. The van der Waals surface area contributed by atoms with Crippen LogP contribution in [-0.2, 0) is 4.79 Å². The van der Waals surface area contributed by atoms with Crippen LogP contribution in [0.25, 0.3) is 0 Å². The average molecular weight is 257 g/mol. The van der Waals surface area contributed by atoms with Crippen LogP contribution >= 0.6 is 11.8 Å². The Labute approximate surface area is 103 Å². The topological polar surface area (TPSA) is 29.1 Å². The lowest BCUT2D eigenvalue weighted by Crippen LogP contribution is -2.47. The second-order valence-electron chi connectivity index (χ2n) is 4.55. The molecule has 1 aliphatic heterocycles. The van der Waals surface area contributed by atoms with Gasteiger partial charge in [-0.2, -0.15) is 0 Å². The third-order valence-electron chi connectivity index (χ3n) is 2.75. The van der Waals surface area contributed by atoms with Crippen molar-refractivity contribution in [2.24, 2.45) is 0 Å². The standard InChI is InChI=1S/C12H13F2NOS/c1-12(2)11(16)15-10(6-17-12)7-3-8(13)5-9(14)4-7/h3-5,10H,6H2,1-2H3,(H,15,16). The lowest BCUT2D eigenvalue weighted by Gasteiger charge is -2.33. The van der Waals surface area contributed by atoms with Gasteiger partial charge >= 0.3 is 0 Å². The number of amides is 1. The Morgan fingerprint density at radius 2 is 1.88 bits per heavy atom. The van der Waals surface area contributed by atoms with Gasteiger partial charge in [0.2, 0.25) is 5.91 Å². The Morgan fingerprint density at radius 1 is 1.29 bits per heavy atom. The molecule has 1 heterocycles. The summed E-state index contributed by atoms with van der Waals surface area (Å²) in [6.45, 7) is 3.66. The number of thioether (sulfide) groups is 1. The minimum Gasteiger partial charge on any atom is -0.347 e. The van der Waals surface area contributed by atoms with E-state index in [1.807, 2.05) is 13.8 Å². The van der Waals surface area contributed by atoms with Gasteiger partial charge in [-0.1, -0.05) is 0 Å².